The van der Waals surface area contributed by atoms with Crippen LogP contribution in [0.2, 0.25) is 10.0 Å². The summed E-state index contributed by atoms with van der Waals surface area (Å²) >= 11 is 11.9. The highest BCUT2D eigenvalue weighted by Gasteiger charge is 2.12. The summed E-state index contributed by atoms with van der Waals surface area (Å²) < 4.78 is 0. The molecule has 0 saturated heterocycles. The van der Waals surface area contributed by atoms with Crippen molar-refractivity contribution in [3.8, 4) is 0 Å². The summed E-state index contributed by atoms with van der Waals surface area (Å²) in [7, 11) is 4.27. The zero-order chi connectivity index (χ0) is 14.4. The third-order valence-electron chi connectivity index (χ3n) is 3.17. The van der Waals surface area contributed by atoms with Crippen molar-refractivity contribution in [2.45, 2.75) is 32.9 Å². The van der Waals surface area contributed by atoms with Gasteiger partial charge in [-0.05, 0) is 44.1 Å². The van der Waals surface area contributed by atoms with Gasteiger partial charge in [-0.15, -0.1) is 0 Å². The van der Waals surface area contributed by atoms with Gasteiger partial charge in [-0.3, -0.25) is 0 Å². The van der Waals surface area contributed by atoms with Gasteiger partial charge < -0.3 is 10.2 Å². The van der Waals surface area contributed by atoms with Crippen LogP contribution in [0.25, 0.3) is 0 Å². The van der Waals surface area contributed by atoms with Gasteiger partial charge in [0.15, 0.2) is 0 Å². The zero-order valence-electron chi connectivity index (χ0n) is 12.2. The number of hydrogen-bond donors (Lipinski definition) is 1. The molecule has 0 spiro atoms. The Morgan fingerprint density at radius 2 is 1.84 bits per heavy atom. The fourth-order valence-electron chi connectivity index (χ4n) is 2.05. The maximum absolute atomic E-state index is 6.01. The van der Waals surface area contributed by atoms with Crippen molar-refractivity contribution in [3.05, 3.63) is 33.8 Å². The van der Waals surface area contributed by atoms with Crippen LogP contribution < -0.4 is 5.32 Å². The Morgan fingerprint density at radius 3 is 2.37 bits per heavy atom. The predicted molar refractivity (Wildman–Crippen MR) is 85.1 cm³/mol. The lowest BCUT2D eigenvalue weighted by Gasteiger charge is -2.26. The van der Waals surface area contributed by atoms with Gasteiger partial charge in [0.25, 0.3) is 0 Å². The number of rotatable bonds is 7. The van der Waals surface area contributed by atoms with Crippen molar-refractivity contribution in [2.24, 2.45) is 5.92 Å². The van der Waals surface area contributed by atoms with Crippen LogP contribution in [0, 0.1) is 5.92 Å². The molecule has 0 saturated carbocycles. The summed E-state index contributed by atoms with van der Waals surface area (Å²) in [6.45, 7) is 6.32. The number of hydrogen-bond acceptors (Lipinski definition) is 2. The molecule has 19 heavy (non-hydrogen) atoms. The molecule has 1 N–H and O–H groups in total. The monoisotopic (exact) mass is 302 g/mol. The van der Waals surface area contributed by atoms with E-state index in [1.165, 1.54) is 6.42 Å². The molecule has 0 bridgehead atoms. The summed E-state index contributed by atoms with van der Waals surface area (Å²) in [5.41, 5.74) is 1.16. The van der Waals surface area contributed by atoms with E-state index in [0.717, 1.165) is 18.7 Å². The molecule has 1 aromatic rings. The lowest BCUT2D eigenvalue weighted by Crippen LogP contribution is -2.38. The van der Waals surface area contributed by atoms with Gasteiger partial charge in [0.05, 0.1) is 10.0 Å². The largest absolute Gasteiger partial charge is 0.311 e. The van der Waals surface area contributed by atoms with Crippen LogP contribution in [0.1, 0.15) is 25.8 Å². The number of likely N-dealkylation sites (N-methyl/N-ethyl adjacent to an activating group) is 1. The van der Waals surface area contributed by atoms with E-state index in [9.17, 15) is 0 Å². The number of nitrogens with zero attached hydrogens (tertiary/aromatic N) is 1. The average Bonchev–Trinajstić information content (AvgIpc) is 2.31. The van der Waals surface area contributed by atoms with Crippen LogP contribution in [0.4, 0.5) is 0 Å². The molecule has 0 heterocycles. The molecule has 0 radical (unpaired) electrons. The number of nitrogens with one attached hydrogen (secondary N) is 1. The molecule has 0 aliphatic heterocycles. The first kappa shape index (κ1) is 16.8. The maximum Gasteiger partial charge on any atom is 0.0595 e. The summed E-state index contributed by atoms with van der Waals surface area (Å²) in [6, 6.07) is 6.33. The predicted octanol–water partition coefficient (Wildman–Crippen LogP) is 4.06. The van der Waals surface area contributed by atoms with Crippen molar-refractivity contribution < 1.29 is 0 Å². The molecular formula is C15H24Cl2N2. The van der Waals surface area contributed by atoms with Gasteiger partial charge in [0, 0.05) is 19.1 Å². The highest BCUT2D eigenvalue weighted by molar-refractivity contribution is 6.42. The van der Waals surface area contributed by atoms with Crippen molar-refractivity contribution in [3.63, 3.8) is 0 Å². The molecular weight excluding hydrogens is 279 g/mol. The maximum atomic E-state index is 6.01. The topological polar surface area (TPSA) is 15.3 Å². The Hall–Kier alpha value is -0.280. The van der Waals surface area contributed by atoms with Gasteiger partial charge >= 0.3 is 0 Å². The third kappa shape index (κ3) is 6.13. The SMILES string of the molecule is CC(C)CC(CNCc1ccc(Cl)c(Cl)c1)N(C)C. The van der Waals surface area contributed by atoms with Crippen LogP contribution in [-0.4, -0.2) is 31.6 Å². The molecule has 108 valence electrons. The first-order valence-corrected chi connectivity index (χ1v) is 7.46. The molecule has 0 amide bonds. The summed E-state index contributed by atoms with van der Waals surface area (Å²) in [4.78, 5) is 2.28. The Labute approximate surface area is 127 Å². The van der Waals surface area contributed by atoms with Crippen molar-refractivity contribution in [1.82, 2.24) is 10.2 Å². The summed E-state index contributed by atoms with van der Waals surface area (Å²) in [5, 5.41) is 4.72. The Bertz CT molecular complexity index is 392. The quantitative estimate of drug-likeness (QED) is 0.817. The molecule has 0 aliphatic carbocycles. The zero-order valence-corrected chi connectivity index (χ0v) is 13.7. The molecule has 1 unspecified atom stereocenters. The number of halogens is 2. The van der Waals surface area contributed by atoms with E-state index < -0.39 is 0 Å². The second-order valence-electron chi connectivity index (χ2n) is 5.63. The first-order chi connectivity index (χ1) is 8.90. The summed E-state index contributed by atoms with van der Waals surface area (Å²) in [6.07, 6.45) is 1.20. The van der Waals surface area contributed by atoms with E-state index in [0.29, 0.717) is 22.0 Å². The minimum absolute atomic E-state index is 0.558. The normalized spacial score (nSPS) is 13.3. The molecule has 1 rings (SSSR count). The lowest BCUT2D eigenvalue weighted by atomic mass is 10.0. The van der Waals surface area contributed by atoms with E-state index >= 15 is 0 Å². The van der Waals surface area contributed by atoms with Crippen LogP contribution in [0.3, 0.4) is 0 Å². The van der Waals surface area contributed by atoms with Crippen molar-refractivity contribution in [2.75, 3.05) is 20.6 Å². The second-order valence-corrected chi connectivity index (χ2v) is 6.44. The third-order valence-corrected chi connectivity index (χ3v) is 3.91. The van der Waals surface area contributed by atoms with Crippen LogP contribution in [-0.2, 0) is 6.54 Å². The molecule has 0 fully saturated rings. The van der Waals surface area contributed by atoms with Crippen LogP contribution >= 0.6 is 23.2 Å². The van der Waals surface area contributed by atoms with E-state index in [1.807, 2.05) is 18.2 Å². The Balaban J connectivity index is 2.45. The lowest BCUT2D eigenvalue weighted by molar-refractivity contribution is 0.246. The Morgan fingerprint density at radius 1 is 1.16 bits per heavy atom. The molecule has 4 heteroatoms. The summed E-state index contributed by atoms with van der Waals surface area (Å²) in [5.74, 6) is 0.708. The van der Waals surface area contributed by atoms with Crippen molar-refractivity contribution >= 4 is 23.2 Å². The fraction of sp³-hybridized carbons (Fsp3) is 0.600. The fourth-order valence-corrected chi connectivity index (χ4v) is 2.37. The van der Waals surface area contributed by atoms with Crippen LogP contribution in [0.15, 0.2) is 18.2 Å². The van der Waals surface area contributed by atoms with Gasteiger partial charge in [0.2, 0.25) is 0 Å². The minimum atomic E-state index is 0.558. The van der Waals surface area contributed by atoms with E-state index in [2.05, 4.69) is 38.2 Å². The van der Waals surface area contributed by atoms with E-state index in [1.54, 1.807) is 0 Å². The Kier molecular flexibility index (Phi) is 7.16. The highest BCUT2D eigenvalue weighted by atomic mass is 35.5. The molecule has 1 atom stereocenters. The van der Waals surface area contributed by atoms with Gasteiger partial charge in [-0.2, -0.15) is 0 Å². The minimum Gasteiger partial charge on any atom is -0.311 e. The van der Waals surface area contributed by atoms with Crippen molar-refractivity contribution in [1.29, 1.82) is 0 Å². The molecule has 1 aromatic carbocycles. The first-order valence-electron chi connectivity index (χ1n) is 6.71. The average molecular weight is 303 g/mol. The van der Waals surface area contributed by atoms with Gasteiger partial charge in [-0.25, -0.2) is 0 Å². The van der Waals surface area contributed by atoms with Gasteiger partial charge in [-0.1, -0.05) is 43.1 Å². The number of benzene rings is 1. The molecule has 0 aromatic heterocycles. The second kappa shape index (κ2) is 8.11. The van der Waals surface area contributed by atoms with Gasteiger partial charge in [0.1, 0.15) is 0 Å². The molecule has 2 nitrogen and oxygen atoms in total. The van der Waals surface area contributed by atoms with E-state index in [-0.39, 0.29) is 0 Å². The standard InChI is InChI=1S/C15H24Cl2N2/c1-11(2)7-13(19(3)4)10-18-9-12-5-6-14(16)15(17)8-12/h5-6,8,11,13,18H,7,9-10H2,1-4H3. The molecule has 0 aliphatic rings. The smallest absolute Gasteiger partial charge is 0.0595 e. The van der Waals surface area contributed by atoms with E-state index in [4.69, 9.17) is 23.2 Å². The highest BCUT2D eigenvalue weighted by Crippen LogP contribution is 2.22. The van der Waals surface area contributed by atoms with Crippen LogP contribution in [0.5, 0.6) is 0 Å².